The zero-order valence-electron chi connectivity index (χ0n) is 11.2. The molecule has 1 saturated heterocycles. The van der Waals surface area contributed by atoms with E-state index in [2.05, 4.69) is 47.7 Å². The molecule has 2 atom stereocenters. The third kappa shape index (κ3) is 2.81. The SMILES string of the molecule is CCc1cc(N)cc(Br)c1N1C[C@@H](C)O[C@H](C)C1. The van der Waals surface area contributed by atoms with Crippen molar-refractivity contribution in [2.45, 2.75) is 39.4 Å². The molecule has 1 heterocycles. The van der Waals surface area contributed by atoms with E-state index in [9.17, 15) is 0 Å². The summed E-state index contributed by atoms with van der Waals surface area (Å²) in [7, 11) is 0. The molecular formula is C14H21BrN2O. The summed E-state index contributed by atoms with van der Waals surface area (Å²) in [5.74, 6) is 0. The minimum Gasteiger partial charge on any atom is -0.399 e. The molecule has 0 spiro atoms. The van der Waals surface area contributed by atoms with Gasteiger partial charge in [0, 0.05) is 23.2 Å². The van der Waals surface area contributed by atoms with Crippen molar-refractivity contribution in [3.8, 4) is 0 Å². The van der Waals surface area contributed by atoms with Crippen molar-refractivity contribution in [3.05, 3.63) is 22.2 Å². The first-order valence-electron chi connectivity index (χ1n) is 6.49. The topological polar surface area (TPSA) is 38.5 Å². The van der Waals surface area contributed by atoms with Crippen LogP contribution in [-0.4, -0.2) is 25.3 Å². The number of nitrogens with two attached hydrogens (primary N) is 1. The van der Waals surface area contributed by atoms with Gasteiger partial charge in [-0.15, -0.1) is 0 Å². The Morgan fingerprint density at radius 1 is 1.33 bits per heavy atom. The second kappa shape index (κ2) is 5.49. The molecule has 1 aromatic carbocycles. The number of hydrogen-bond acceptors (Lipinski definition) is 3. The average molecular weight is 313 g/mol. The van der Waals surface area contributed by atoms with E-state index in [0.717, 1.165) is 29.7 Å². The molecule has 0 saturated carbocycles. The summed E-state index contributed by atoms with van der Waals surface area (Å²) in [6, 6.07) is 4.06. The molecular weight excluding hydrogens is 292 g/mol. The van der Waals surface area contributed by atoms with Crippen LogP contribution in [0.4, 0.5) is 11.4 Å². The molecule has 18 heavy (non-hydrogen) atoms. The third-order valence-electron chi connectivity index (χ3n) is 3.28. The molecule has 1 aliphatic heterocycles. The fourth-order valence-electron chi connectivity index (χ4n) is 2.66. The molecule has 0 aromatic heterocycles. The van der Waals surface area contributed by atoms with E-state index in [1.807, 2.05) is 6.07 Å². The Kier molecular flexibility index (Phi) is 4.17. The Balaban J connectivity index is 2.37. The maximum Gasteiger partial charge on any atom is 0.0726 e. The Morgan fingerprint density at radius 2 is 1.94 bits per heavy atom. The fraction of sp³-hybridized carbons (Fsp3) is 0.571. The first-order chi connectivity index (χ1) is 8.51. The van der Waals surface area contributed by atoms with Crippen LogP contribution in [0.3, 0.4) is 0 Å². The van der Waals surface area contributed by atoms with E-state index >= 15 is 0 Å². The van der Waals surface area contributed by atoms with Gasteiger partial charge in [0.15, 0.2) is 0 Å². The zero-order valence-corrected chi connectivity index (χ0v) is 12.8. The largest absolute Gasteiger partial charge is 0.399 e. The Bertz CT molecular complexity index is 426. The molecule has 0 aliphatic carbocycles. The molecule has 4 heteroatoms. The van der Waals surface area contributed by atoms with Crippen LogP contribution in [0.5, 0.6) is 0 Å². The smallest absolute Gasteiger partial charge is 0.0726 e. The van der Waals surface area contributed by atoms with E-state index < -0.39 is 0 Å². The summed E-state index contributed by atoms with van der Waals surface area (Å²) in [4.78, 5) is 2.40. The van der Waals surface area contributed by atoms with Gasteiger partial charge in [0.1, 0.15) is 0 Å². The van der Waals surface area contributed by atoms with Crippen LogP contribution in [-0.2, 0) is 11.2 Å². The molecule has 0 unspecified atom stereocenters. The van der Waals surface area contributed by atoms with Crippen LogP contribution in [0.25, 0.3) is 0 Å². The quantitative estimate of drug-likeness (QED) is 0.852. The molecule has 3 nitrogen and oxygen atoms in total. The van der Waals surface area contributed by atoms with Crippen molar-refractivity contribution in [2.75, 3.05) is 23.7 Å². The normalized spacial score (nSPS) is 24.3. The van der Waals surface area contributed by atoms with Gasteiger partial charge in [-0.05, 0) is 53.9 Å². The van der Waals surface area contributed by atoms with Gasteiger partial charge in [-0.2, -0.15) is 0 Å². The summed E-state index contributed by atoms with van der Waals surface area (Å²) in [5, 5.41) is 0. The predicted octanol–water partition coefficient (Wildman–Crippen LogP) is 3.21. The number of nitrogen functional groups attached to an aromatic ring is 1. The number of rotatable bonds is 2. The van der Waals surface area contributed by atoms with Gasteiger partial charge in [-0.1, -0.05) is 6.92 Å². The number of aryl methyl sites for hydroxylation is 1. The highest BCUT2D eigenvalue weighted by atomic mass is 79.9. The number of morpholine rings is 1. The van der Waals surface area contributed by atoms with Crippen LogP contribution >= 0.6 is 15.9 Å². The van der Waals surface area contributed by atoms with E-state index in [0.29, 0.717) is 0 Å². The van der Waals surface area contributed by atoms with Crippen LogP contribution in [0.2, 0.25) is 0 Å². The maximum absolute atomic E-state index is 5.91. The van der Waals surface area contributed by atoms with Crippen LogP contribution in [0, 0.1) is 0 Å². The number of anilines is 2. The van der Waals surface area contributed by atoms with Crippen molar-refractivity contribution in [3.63, 3.8) is 0 Å². The minimum atomic E-state index is 0.267. The molecule has 100 valence electrons. The fourth-order valence-corrected chi connectivity index (χ4v) is 3.43. The van der Waals surface area contributed by atoms with Gasteiger partial charge in [0.2, 0.25) is 0 Å². The van der Waals surface area contributed by atoms with Crippen LogP contribution < -0.4 is 10.6 Å². The number of nitrogens with zero attached hydrogens (tertiary/aromatic N) is 1. The van der Waals surface area contributed by atoms with Gasteiger partial charge < -0.3 is 15.4 Å². The summed E-state index contributed by atoms with van der Waals surface area (Å²) in [5.41, 5.74) is 9.30. The highest BCUT2D eigenvalue weighted by molar-refractivity contribution is 9.10. The van der Waals surface area contributed by atoms with Gasteiger partial charge in [-0.3, -0.25) is 0 Å². The van der Waals surface area contributed by atoms with E-state index in [4.69, 9.17) is 10.5 Å². The first-order valence-corrected chi connectivity index (χ1v) is 7.28. The van der Waals surface area contributed by atoms with Gasteiger partial charge >= 0.3 is 0 Å². The lowest BCUT2D eigenvalue weighted by atomic mass is 10.1. The van der Waals surface area contributed by atoms with Crippen molar-refractivity contribution in [1.82, 2.24) is 0 Å². The minimum absolute atomic E-state index is 0.267. The summed E-state index contributed by atoms with van der Waals surface area (Å²) >= 11 is 3.65. The molecule has 0 amide bonds. The lowest BCUT2D eigenvalue weighted by Crippen LogP contribution is -2.46. The van der Waals surface area contributed by atoms with Gasteiger partial charge in [-0.25, -0.2) is 0 Å². The highest BCUT2D eigenvalue weighted by Gasteiger charge is 2.25. The van der Waals surface area contributed by atoms with Crippen LogP contribution in [0.1, 0.15) is 26.3 Å². The molecule has 1 aromatic rings. The van der Waals surface area contributed by atoms with E-state index in [1.54, 1.807) is 0 Å². The molecule has 1 fully saturated rings. The van der Waals surface area contributed by atoms with Crippen molar-refractivity contribution >= 4 is 27.3 Å². The summed E-state index contributed by atoms with van der Waals surface area (Å²) in [6.07, 6.45) is 1.52. The lowest BCUT2D eigenvalue weighted by Gasteiger charge is -2.38. The average Bonchev–Trinajstić information content (AvgIpc) is 2.26. The van der Waals surface area contributed by atoms with Crippen molar-refractivity contribution in [2.24, 2.45) is 0 Å². The summed E-state index contributed by atoms with van der Waals surface area (Å²) in [6.45, 7) is 8.27. The number of halogens is 1. The first kappa shape index (κ1) is 13.7. The number of hydrogen-bond donors (Lipinski definition) is 1. The molecule has 0 radical (unpaired) electrons. The molecule has 1 aliphatic rings. The standard InChI is InChI=1S/C14H21BrN2O/c1-4-11-5-12(16)6-13(15)14(11)17-7-9(2)18-10(3)8-17/h5-6,9-10H,4,7-8,16H2,1-3H3/t9-,10-/m1/s1. The van der Waals surface area contributed by atoms with Crippen LogP contribution in [0.15, 0.2) is 16.6 Å². The predicted molar refractivity (Wildman–Crippen MR) is 80.2 cm³/mol. The zero-order chi connectivity index (χ0) is 13.3. The molecule has 2 rings (SSSR count). The van der Waals surface area contributed by atoms with Gasteiger partial charge in [0.25, 0.3) is 0 Å². The second-order valence-corrected chi connectivity index (χ2v) is 5.88. The second-order valence-electron chi connectivity index (χ2n) is 5.03. The highest BCUT2D eigenvalue weighted by Crippen LogP contribution is 2.34. The van der Waals surface area contributed by atoms with E-state index in [1.165, 1.54) is 11.3 Å². The molecule has 2 N–H and O–H groups in total. The lowest BCUT2D eigenvalue weighted by molar-refractivity contribution is -0.00529. The Labute approximate surface area is 117 Å². The Hall–Kier alpha value is -0.740. The van der Waals surface area contributed by atoms with Crippen molar-refractivity contribution < 1.29 is 4.74 Å². The summed E-state index contributed by atoms with van der Waals surface area (Å²) < 4.78 is 6.88. The Morgan fingerprint density at radius 3 is 2.50 bits per heavy atom. The van der Waals surface area contributed by atoms with E-state index in [-0.39, 0.29) is 12.2 Å². The monoisotopic (exact) mass is 312 g/mol. The third-order valence-corrected chi connectivity index (χ3v) is 3.89. The number of ether oxygens (including phenoxy) is 1. The van der Waals surface area contributed by atoms with Gasteiger partial charge in [0.05, 0.1) is 17.9 Å². The number of benzene rings is 1. The maximum atomic E-state index is 5.91. The molecule has 0 bridgehead atoms. The van der Waals surface area contributed by atoms with Crippen molar-refractivity contribution in [1.29, 1.82) is 0 Å².